The van der Waals surface area contributed by atoms with E-state index in [1.807, 2.05) is 61.7 Å². The number of ether oxygens (including phenoxy) is 2. The van der Waals surface area contributed by atoms with Gasteiger partial charge in [0.2, 0.25) is 0 Å². The summed E-state index contributed by atoms with van der Waals surface area (Å²) in [6, 6.07) is 9.87. The highest BCUT2D eigenvalue weighted by atomic mass is 79.9. The molecule has 3 rings (SSSR count). The van der Waals surface area contributed by atoms with E-state index in [1.165, 1.54) is 0 Å². The molecule has 3 aromatic rings. The second kappa shape index (κ2) is 7.31. The molecule has 130 valence electrons. The molecule has 0 saturated carbocycles. The Morgan fingerprint density at radius 2 is 1.76 bits per heavy atom. The van der Waals surface area contributed by atoms with E-state index in [0.717, 1.165) is 38.7 Å². The summed E-state index contributed by atoms with van der Waals surface area (Å²) in [6.45, 7) is 6.98. The first-order chi connectivity index (χ1) is 12.1. The molecule has 2 aromatic heterocycles. The van der Waals surface area contributed by atoms with Crippen LogP contribution < -0.4 is 9.47 Å². The van der Waals surface area contributed by atoms with Crippen LogP contribution in [0.3, 0.4) is 0 Å². The lowest BCUT2D eigenvalue weighted by molar-refractivity contribution is 0.111. The fourth-order valence-electron chi connectivity index (χ4n) is 2.92. The first-order valence-corrected chi connectivity index (χ1v) is 9.04. The number of aldehydes is 1. The number of hydrogen-bond acceptors (Lipinski definition) is 3. The number of aryl methyl sites for hydroxylation is 1. The number of hydrogen-bond donors (Lipinski definition) is 0. The molecule has 0 atom stereocenters. The van der Waals surface area contributed by atoms with Crippen LogP contribution in [-0.2, 0) is 0 Å². The third-order valence-corrected chi connectivity index (χ3v) is 4.61. The Bertz CT molecular complexity index is 930. The SMILES string of the molecule is CCOc1cc(OCC)c(-c2cc3ccc(C)cn3c2C=O)cc1Br. The lowest BCUT2D eigenvalue weighted by Crippen LogP contribution is -1.99. The number of pyridine rings is 1. The zero-order valence-corrected chi connectivity index (χ0v) is 16.1. The van der Waals surface area contributed by atoms with Crippen molar-refractivity contribution in [2.75, 3.05) is 13.2 Å². The van der Waals surface area contributed by atoms with Gasteiger partial charge in [-0.25, -0.2) is 0 Å². The fourth-order valence-corrected chi connectivity index (χ4v) is 3.38. The van der Waals surface area contributed by atoms with Crippen molar-refractivity contribution in [3.8, 4) is 22.6 Å². The highest BCUT2D eigenvalue weighted by Crippen LogP contribution is 2.41. The summed E-state index contributed by atoms with van der Waals surface area (Å²) in [4.78, 5) is 11.8. The molecule has 0 aliphatic heterocycles. The van der Waals surface area contributed by atoms with Crippen LogP contribution in [-0.4, -0.2) is 23.9 Å². The van der Waals surface area contributed by atoms with E-state index in [-0.39, 0.29) is 0 Å². The van der Waals surface area contributed by atoms with Crippen molar-refractivity contribution in [2.45, 2.75) is 20.8 Å². The second-order valence-corrected chi connectivity index (χ2v) is 6.56. The minimum absolute atomic E-state index is 0.531. The molecule has 0 radical (unpaired) electrons. The summed E-state index contributed by atoms with van der Waals surface area (Å²) < 4.78 is 14.2. The van der Waals surface area contributed by atoms with Gasteiger partial charge in [0.05, 0.1) is 23.4 Å². The molecule has 0 spiro atoms. The highest BCUT2D eigenvalue weighted by molar-refractivity contribution is 9.10. The first-order valence-electron chi connectivity index (χ1n) is 8.25. The average Bonchev–Trinajstić information content (AvgIpc) is 2.95. The minimum Gasteiger partial charge on any atom is -0.493 e. The number of aromatic nitrogens is 1. The van der Waals surface area contributed by atoms with E-state index in [9.17, 15) is 4.79 Å². The number of carbonyl (C=O) groups excluding carboxylic acids is 1. The molecular formula is C20H20BrNO3. The first kappa shape index (κ1) is 17.5. The van der Waals surface area contributed by atoms with Crippen LogP contribution in [0.15, 0.2) is 41.0 Å². The van der Waals surface area contributed by atoms with Crippen LogP contribution in [0.5, 0.6) is 11.5 Å². The zero-order chi connectivity index (χ0) is 18.0. The third kappa shape index (κ3) is 3.29. The van der Waals surface area contributed by atoms with Gasteiger partial charge in [-0.1, -0.05) is 6.07 Å². The van der Waals surface area contributed by atoms with Crippen LogP contribution in [0.1, 0.15) is 29.9 Å². The topological polar surface area (TPSA) is 39.9 Å². The van der Waals surface area contributed by atoms with Gasteiger partial charge in [0.15, 0.2) is 6.29 Å². The van der Waals surface area contributed by atoms with E-state index >= 15 is 0 Å². The van der Waals surface area contributed by atoms with Gasteiger partial charge in [-0.3, -0.25) is 4.79 Å². The van der Waals surface area contributed by atoms with Crippen LogP contribution in [0, 0.1) is 6.92 Å². The standard InChI is InChI=1S/C20H20BrNO3/c1-4-24-19-10-20(25-5-2)17(21)9-16(19)15-8-14-7-6-13(3)11-22(14)18(15)12-23/h6-12H,4-5H2,1-3H3. The molecule has 0 amide bonds. The Labute approximate surface area is 155 Å². The molecule has 2 heterocycles. The lowest BCUT2D eigenvalue weighted by Gasteiger charge is -2.14. The van der Waals surface area contributed by atoms with Crippen molar-refractivity contribution in [3.63, 3.8) is 0 Å². The Hall–Kier alpha value is -2.27. The van der Waals surface area contributed by atoms with Crippen molar-refractivity contribution in [3.05, 3.63) is 52.3 Å². The number of halogens is 1. The molecule has 0 bridgehead atoms. The van der Waals surface area contributed by atoms with E-state index in [1.54, 1.807) is 0 Å². The Balaban J connectivity index is 2.26. The number of carbonyl (C=O) groups is 1. The van der Waals surface area contributed by atoms with E-state index in [4.69, 9.17) is 9.47 Å². The maximum absolute atomic E-state index is 11.8. The molecule has 0 N–H and O–H groups in total. The summed E-state index contributed by atoms with van der Waals surface area (Å²) in [5.74, 6) is 1.42. The smallest absolute Gasteiger partial charge is 0.167 e. The van der Waals surface area contributed by atoms with Crippen molar-refractivity contribution in [1.29, 1.82) is 0 Å². The predicted molar refractivity (Wildman–Crippen MR) is 103 cm³/mol. The number of nitrogens with zero attached hydrogens (tertiary/aromatic N) is 1. The van der Waals surface area contributed by atoms with Gasteiger partial charge in [0.1, 0.15) is 11.5 Å². The summed E-state index contributed by atoms with van der Waals surface area (Å²) >= 11 is 3.56. The molecule has 0 aliphatic carbocycles. The highest BCUT2D eigenvalue weighted by Gasteiger charge is 2.18. The number of fused-ring (bicyclic) bond motifs is 1. The quantitative estimate of drug-likeness (QED) is 0.527. The molecule has 0 saturated heterocycles. The molecule has 0 fully saturated rings. The summed E-state index contributed by atoms with van der Waals surface area (Å²) in [7, 11) is 0. The third-order valence-electron chi connectivity index (χ3n) is 3.99. The largest absolute Gasteiger partial charge is 0.493 e. The van der Waals surface area contributed by atoms with Crippen molar-refractivity contribution < 1.29 is 14.3 Å². The fraction of sp³-hybridized carbons (Fsp3) is 0.250. The van der Waals surface area contributed by atoms with Crippen LogP contribution in [0.25, 0.3) is 16.6 Å². The minimum atomic E-state index is 0.531. The predicted octanol–water partition coefficient (Wildman–Crippen LogP) is 5.29. The van der Waals surface area contributed by atoms with Gasteiger partial charge in [-0.05, 0) is 60.5 Å². The van der Waals surface area contributed by atoms with E-state index < -0.39 is 0 Å². The van der Waals surface area contributed by atoms with E-state index in [2.05, 4.69) is 15.9 Å². The maximum atomic E-state index is 11.8. The van der Waals surface area contributed by atoms with Gasteiger partial charge in [-0.15, -0.1) is 0 Å². The molecule has 4 nitrogen and oxygen atoms in total. The summed E-state index contributed by atoms with van der Waals surface area (Å²) in [6.07, 6.45) is 2.86. The summed E-state index contributed by atoms with van der Waals surface area (Å²) in [5, 5.41) is 0. The molecule has 25 heavy (non-hydrogen) atoms. The molecule has 1 aromatic carbocycles. The second-order valence-electron chi connectivity index (χ2n) is 5.71. The van der Waals surface area contributed by atoms with Gasteiger partial charge in [0, 0.05) is 28.9 Å². The molecular weight excluding hydrogens is 382 g/mol. The van der Waals surface area contributed by atoms with E-state index in [0.29, 0.717) is 24.7 Å². The van der Waals surface area contributed by atoms with Gasteiger partial charge >= 0.3 is 0 Å². The maximum Gasteiger partial charge on any atom is 0.167 e. The zero-order valence-electron chi connectivity index (χ0n) is 14.5. The molecule has 5 heteroatoms. The van der Waals surface area contributed by atoms with Crippen molar-refractivity contribution in [2.24, 2.45) is 0 Å². The lowest BCUT2D eigenvalue weighted by atomic mass is 10.0. The van der Waals surface area contributed by atoms with Crippen LogP contribution >= 0.6 is 15.9 Å². The van der Waals surface area contributed by atoms with Crippen LogP contribution in [0.2, 0.25) is 0 Å². The van der Waals surface area contributed by atoms with Crippen LogP contribution in [0.4, 0.5) is 0 Å². The van der Waals surface area contributed by atoms with Crippen molar-refractivity contribution in [1.82, 2.24) is 4.40 Å². The Morgan fingerprint density at radius 1 is 1.04 bits per heavy atom. The van der Waals surface area contributed by atoms with Gasteiger partial charge in [-0.2, -0.15) is 0 Å². The average molecular weight is 402 g/mol. The number of rotatable bonds is 6. The normalized spacial score (nSPS) is 10.9. The summed E-state index contributed by atoms with van der Waals surface area (Å²) in [5.41, 5.74) is 4.37. The van der Waals surface area contributed by atoms with Gasteiger partial charge in [0.25, 0.3) is 0 Å². The van der Waals surface area contributed by atoms with Gasteiger partial charge < -0.3 is 13.9 Å². The molecule has 0 aliphatic rings. The monoisotopic (exact) mass is 401 g/mol. The molecule has 0 unspecified atom stereocenters. The van der Waals surface area contributed by atoms with Crippen molar-refractivity contribution >= 4 is 27.7 Å². The Morgan fingerprint density at radius 3 is 2.44 bits per heavy atom. The number of benzene rings is 1. The Kier molecular flexibility index (Phi) is 5.13.